The van der Waals surface area contributed by atoms with Crippen molar-refractivity contribution < 1.29 is 22.7 Å². The Morgan fingerprint density at radius 3 is 2.09 bits per heavy atom. The number of anilines is 1. The number of sulfonamides is 1. The van der Waals surface area contributed by atoms with Crippen LogP contribution in [0.2, 0.25) is 5.02 Å². The van der Waals surface area contributed by atoms with Gasteiger partial charge >= 0.3 is 0 Å². The Morgan fingerprint density at radius 1 is 0.851 bits per heavy atom. The molecule has 10 heteroatoms. The van der Waals surface area contributed by atoms with Gasteiger partial charge < -0.3 is 15.0 Å². The van der Waals surface area contributed by atoms with Crippen LogP contribution in [0.4, 0.5) is 5.69 Å². The Morgan fingerprint density at radius 2 is 1.47 bits per heavy atom. The highest BCUT2D eigenvalue weighted by atomic mass is 35.5. The zero-order valence-corrected chi connectivity index (χ0v) is 28.0. The van der Waals surface area contributed by atoms with E-state index in [9.17, 15) is 18.0 Å². The summed E-state index contributed by atoms with van der Waals surface area (Å²) in [4.78, 5) is 30.2. The van der Waals surface area contributed by atoms with Crippen LogP contribution in [0.3, 0.4) is 0 Å². The first-order chi connectivity index (χ1) is 22.7. The molecular weight excluding hydrogens is 634 g/mol. The maximum absolute atomic E-state index is 14.6. The fourth-order valence-corrected chi connectivity index (χ4v) is 7.37. The zero-order chi connectivity index (χ0) is 33.2. The van der Waals surface area contributed by atoms with Gasteiger partial charge in [-0.3, -0.25) is 13.9 Å². The lowest BCUT2D eigenvalue weighted by atomic mass is 10.0. The Hall–Kier alpha value is -4.34. The molecule has 1 N–H and O–H groups in total. The van der Waals surface area contributed by atoms with Gasteiger partial charge in [0, 0.05) is 24.0 Å². The van der Waals surface area contributed by atoms with Crippen LogP contribution in [0, 0.1) is 0 Å². The van der Waals surface area contributed by atoms with Gasteiger partial charge in [-0.15, -0.1) is 0 Å². The van der Waals surface area contributed by atoms with Crippen molar-refractivity contribution in [3.63, 3.8) is 0 Å². The number of rotatable bonds is 14. The van der Waals surface area contributed by atoms with E-state index in [0.29, 0.717) is 23.1 Å². The molecule has 0 bridgehead atoms. The number of benzene rings is 4. The molecule has 4 aromatic carbocycles. The highest BCUT2D eigenvalue weighted by Crippen LogP contribution is 2.27. The molecule has 1 saturated carbocycles. The van der Waals surface area contributed by atoms with Crippen LogP contribution in [0.25, 0.3) is 0 Å². The average Bonchev–Trinajstić information content (AvgIpc) is 3.60. The maximum atomic E-state index is 14.6. The molecule has 1 fully saturated rings. The number of ether oxygens (including phenoxy) is 1. The molecule has 0 saturated heterocycles. The highest BCUT2D eigenvalue weighted by Gasteiger charge is 2.35. The summed E-state index contributed by atoms with van der Waals surface area (Å²) in [5.41, 5.74) is 1.97. The monoisotopic (exact) mass is 673 g/mol. The quantitative estimate of drug-likeness (QED) is 0.162. The minimum atomic E-state index is -4.20. The van der Waals surface area contributed by atoms with E-state index in [1.807, 2.05) is 49.4 Å². The number of nitrogens with zero attached hydrogens (tertiary/aromatic N) is 2. The summed E-state index contributed by atoms with van der Waals surface area (Å²) in [6.07, 6.45) is 4.11. The molecule has 2 amide bonds. The molecule has 1 aliphatic carbocycles. The number of halogens is 1. The van der Waals surface area contributed by atoms with Crippen molar-refractivity contribution in [3.8, 4) is 5.75 Å². The normalized spacial score (nSPS) is 13.9. The number of hydrogen-bond acceptors (Lipinski definition) is 5. The van der Waals surface area contributed by atoms with E-state index in [1.165, 1.54) is 17.0 Å². The lowest BCUT2D eigenvalue weighted by Crippen LogP contribution is -2.54. The lowest BCUT2D eigenvalue weighted by molar-refractivity contribution is -0.140. The second-order valence-corrected chi connectivity index (χ2v) is 13.9. The predicted molar refractivity (Wildman–Crippen MR) is 185 cm³/mol. The summed E-state index contributed by atoms with van der Waals surface area (Å²) in [6, 6.07) is 30.4. The van der Waals surface area contributed by atoms with E-state index in [2.05, 4.69) is 5.32 Å². The van der Waals surface area contributed by atoms with Crippen LogP contribution >= 0.6 is 11.6 Å². The van der Waals surface area contributed by atoms with E-state index in [4.69, 9.17) is 16.3 Å². The lowest BCUT2D eigenvalue weighted by Gasteiger charge is -2.34. The Kier molecular flexibility index (Phi) is 11.6. The first-order valence-corrected chi connectivity index (χ1v) is 17.7. The van der Waals surface area contributed by atoms with Gasteiger partial charge in [0.1, 0.15) is 18.3 Å². The van der Waals surface area contributed by atoms with Gasteiger partial charge in [0.05, 0.1) is 17.2 Å². The molecule has 1 unspecified atom stereocenters. The van der Waals surface area contributed by atoms with E-state index in [-0.39, 0.29) is 29.8 Å². The Bertz CT molecular complexity index is 1710. The van der Waals surface area contributed by atoms with E-state index < -0.39 is 28.5 Å². The molecule has 47 heavy (non-hydrogen) atoms. The summed E-state index contributed by atoms with van der Waals surface area (Å²) < 4.78 is 35.0. The largest absolute Gasteiger partial charge is 0.494 e. The van der Waals surface area contributed by atoms with Crippen molar-refractivity contribution in [2.45, 2.75) is 62.6 Å². The molecule has 8 nitrogen and oxygen atoms in total. The van der Waals surface area contributed by atoms with Crippen LogP contribution in [-0.4, -0.2) is 50.4 Å². The third-order valence-electron chi connectivity index (χ3n) is 8.28. The number of nitrogens with one attached hydrogen (secondary N) is 1. The van der Waals surface area contributed by atoms with Gasteiger partial charge in [0.2, 0.25) is 11.8 Å². The van der Waals surface area contributed by atoms with Crippen LogP contribution in [-0.2, 0) is 32.6 Å². The number of carbonyl (C=O) groups is 2. The van der Waals surface area contributed by atoms with E-state index >= 15 is 0 Å². The number of amides is 2. The number of hydrogen-bond donors (Lipinski definition) is 1. The van der Waals surface area contributed by atoms with Crippen LogP contribution in [0.1, 0.15) is 43.7 Å². The Labute approximate surface area is 282 Å². The molecule has 0 spiro atoms. The van der Waals surface area contributed by atoms with Crippen molar-refractivity contribution in [3.05, 3.63) is 125 Å². The summed E-state index contributed by atoms with van der Waals surface area (Å²) in [6.45, 7) is 1.85. The number of para-hydroxylation sites is 1. The molecule has 246 valence electrons. The maximum Gasteiger partial charge on any atom is 0.264 e. The van der Waals surface area contributed by atoms with Gasteiger partial charge in [0.15, 0.2) is 0 Å². The topological polar surface area (TPSA) is 96.0 Å². The first kappa shape index (κ1) is 34.0. The minimum Gasteiger partial charge on any atom is -0.494 e. The van der Waals surface area contributed by atoms with Crippen molar-refractivity contribution in [2.75, 3.05) is 17.5 Å². The van der Waals surface area contributed by atoms with Crippen molar-refractivity contribution in [1.82, 2.24) is 10.2 Å². The Balaban J connectivity index is 1.53. The van der Waals surface area contributed by atoms with Gasteiger partial charge in [0.25, 0.3) is 10.0 Å². The minimum absolute atomic E-state index is 0.0154. The van der Waals surface area contributed by atoms with E-state index in [0.717, 1.165) is 41.1 Å². The van der Waals surface area contributed by atoms with Gasteiger partial charge in [-0.1, -0.05) is 85.1 Å². The zero-order valence-electron chi connectivity index (χ0n) is 26.4. The molecule has 1 atom stereocenters. The smallest absolute Gasteiger partial charge is 0.264 e. The third-order valence-corrected chi connectivity index (χ3v) is 10.3. The number of carbonyl (C=O) groups excluding carboxylic acids is 2. The van der Waals surface area contributed by atoms with Gasteiger partial charge in [-0.25, -0.2) is 8.42 Å². The van der Waals surface area contributed by atoms with Crippen LogP contribution in [0.5, 0.6) is 5.75 Å². The molecular formula is C37H40ClN3O5S. The van der Waals surface area contributed by atoms with Gasteiger partial charge in [-0.2, -0.15) is 0 Å². The first-order valence-electron chi connectivity index (χ1n) is 15.9. The third kappa shape index (κ3) is 8.93. The average molecular weight is 674 g/mol. The van der Waals surface area contributed by atoms with Crippen molar-refractivity contribution >= 4 is 39.1 Å². The summed E-state index contributed by atoms with van der Waals surface area (Å²) in [5.74, 6) is -0.232. The van der Waals surface area contributed by atoms with Crippen LogP contribution < -0.4 is 14.4 Å². The predicted octanol–water partition coefficient (Wildman–Crippen LogP) is 6.63. The van der Waals surface area contributed by atoms with Crippen LogP contribution in [0.15, 0.2) is 114 Å². The summed E-state index contributed by atoms with van der Waals surface area (Å²) >= 11 is 6.17. The highest BCUT2D eigenvalue weighted by molar-refractivity contribution is 7.92. The second-order valence-electron chi connectivity index (χ2n) is 11.6. The van der Waals surface area contributed by atoms with Gasteiger partial charge in [-0.05, 0) is 79.4 Å². The molecule has 5 rings (SSSR count). The van der Waals surface area contributed by atoms with Crippen molar-refractivity contribution in [1.29, 1.82) is 0 Å². The fraction of sp³-hybridized carbons (Fsp3) is 0.297. The standard InChI is InChI=1S/C37H40ClN3O5S/c1-2-46-33-21-23-34(24-22-33)47(44,45)41(32-15-7-4-8-16-32)27-36(42)40(26-29-17-19-30(38)20-18-29)35(25-28-11-5-3-6-12-28)37(43)39-31-13-9-10-14-31/h3-8,11-12,15-24,31,35H,2,9-10,13-14,25-27H2,1H3,(H,39,43). The SMILES string of the molecule is CCOc1ccc(S(=O)(=O)N(CC(=O)N(Cc2ccc(Cl)cc2)C(Cc2ccccc2)C(=O)NC2CCCC2)c2ccccc2)cc1. The van der Waals surface area contributed by atoms with Crippen molar-refractivity contribution in [2.24, 2.45) is 0 Å². The molecule has 0 heterocycles. The molecule has 0 aliphatic heterocycles. The second kappa shape index (κ2) is 16.0. The molecule has 0 aromatic heterocycles. The molecule has 0 radical (unpaired) electrons. The summed E-state index contributed by atoms with van der Waals surface area (Å²) in [5, 5.41) is 3.73. The summed E-state index contributed by atoms with van der Waals surface area (Å²) in [7, 11) is -4.20. The fourth-order valence-electron chi connectivity index (χ4n) is 5.83. The molecule has 1 aliphatic rings. The van der Waals surface area contributed by atoms with E-state index in [1.54, 1.807) is 54.6 Å². The molecule has 4 aromatic rings.